The van der Waals surface area contributed by atoms with Crippen LogP contribution in [0.4, 0.5) is 5.69 Å². The molecular weight excluding hydrogens is 278 g/mol. The van der Waals surface area contributed by atoms with E-state index in [0.717, 1.165) is 0 Å². The predicted octanol–water partition coefficient (Wildman–Crippen LogP) is 0.986. The van der Waals surface area contributed by atoms with Gasteiger partial charge in [-0.15, -0.1) is 0 Å². The van der Waals surface area contributed by atoms with Crippen LogP contribution in [0, 0.1) is 11.3 Å². The molecule has 1 aliphatic carbocycles. The number of nitrogens with two attached hydrogens (primary N) is 1. The van der Waals surface area contributed by atoms with Crippen molar-refractivity contribution >= 4 is 15.7 Å². The minimum Gasteiger partial charge on any atom is -0.398 e. The zero-order valence-corrected chi connectivity index (χ0v) is 12.0. The van der Waals surface area contributed by atoms with Gasteiger partial charge in [0, 0.05) is 12.6 Å². The molecular formula is C13H17N3O3S. The molecule has 0 aromatic heterocycles. The molecule has 0 unspecified atom stereocenters. The summed E-state index contributed by atoms with van der Waals surface area (Å²) in [4.78, 5) is 0.0105. The third-order valence-corrected chi connectivity index (χ3v) is 4.84. The summed E-state index contributed by atoms with van der Waals surface area (Å²) in [6.45, 7) is 2.54. The lowest BCUT2D eigenvalue weighted by molar-refractivity contribution is -0.00475. The summed E-state index contributed by atoms with van der Waals surface area (Å²) < 4.78 is 32.4. The van der Waals surface area contributed by atoms with Gasteiger partial charge in [0.2, 0.25) is 10.0 Å². The number of hydrogen-bond acceptors (Lipinski definition) is 5. The first kappa shape index (κ1) is 14.8. The number of rotatable bonds is 5. The Bertz CT molecular complexity index is 631. The van der Waals surface area contributed by atoms with Gasteiger partial charge in [0.05, 0.1) is 23.4 Å². The van der Waals surface area contributed by atoms with E-state index in [2.05, 4.69) is 4.72 Å². The molecule has 2 rings (SSSR count). The number of ether oxygens (including phenoxy) is 1. The van der Waals surface area contributed by atoms with Gasteiger partial charge in [0.15, 0.2) is 0 Å². The number of sulfonamides is 1. The number of anilines is 1. The average molecular weight is 295 g/mol. The minimum atomic E-state index is -3.65. The summed E-state index contributed by atoms with van der Waals surface area (Å²) >= 11 is 0. The molecule has 1 aromatic carbocycles. The zero-order chi connectivity index (χ0) is 14.8. The lowest BCUT2D eigenvalue weighted by atomic mass is 9.90. The highest BCUT2D eigenvalue weighted by atomic mass is 32.2. The van der Waals surface area contributed by atoms with Crippen molar-refractivity contribution in [2.45, 2.75) is 36.8 Å². The maximum absolute atomic E-state index is 12.2. The molecule has 0 aliphatic heterocycles. The first-order valence-electron chi connectivity index (χ1n) is 6.40. The van der Waals surface area contributed by atoms with E-state index < -0.39 is 10.0 Å². The van der Waals surface area contributed by atoms with Gasteiger partial charge in [-0.05, 0) is 38.0 Å². The van der Waals surface area contributed by atoms with E-state index in [1.807, 2.05) is 13.0 Å². The van der Waals surface area contributed by atoms with Gasteiger partial charge in [0.1, 0.15) is 4.90 Å². The highest BCUT2D eigenvalue weighted by Gasteiger charge is 2.33. The van der Waals surface area contributed by atoms with Crippen LogP contribution < -0.4 is 10.5 Å². The molecule has 0 radical (unpaired) electrons. The molecule has 1 aliphatic rings. The highest BCUT2D eigenvalue weighted by molar-refractivity contribution is 7.89. The molecule has 1 fully saturated rings. The first-order chi connectivity index (χ1) is 9.46. The van der Waals surface area contributed by atoms with Crippen LogP contribution in [0.5, 0.6) is 0 Å². The lowest BCUT2D eigenvalue weighted by Crippen LogP contribution is -2.47. The largest absolute Gasteiger partial charge is 0.398 e. The van der Waals surface area contributed by atoms with Crippen LogP contribution >= 0.6 is 0 Å². The van der Waals surface area contributed by atoms with Crippen LogP contribution in [0.15, 0.2) is 23.1 Å². The van der Waals surface area contributed by atoms with E-state index >= 15 is 0 Å². The molecule has 7 heteroatoms. The van der Waals surface area contributed by atoms with Crippen LogP contribution in [-0.2, 0) is 14.8 Å². The SMILES string of the molecule is CCOC1CC(NS(=O)(=O)c2ccc(C#N)cc2N)C1. The summed E-state index contributed by atoms with van der Waals surface area (Å²) in [6, 6.07) is 5.95. The fourth-order valence-corrected chi connectivity index (χ4v) is 3.55. The molecule has 108 valence electrons. The van der Waals surface area contributed by atoms with Gasteiger partial charge in [-0.2, -0.15) is 5.26 Å². The van der Waals surface area contributed by atoms with Gasteiger partial charge < -0.3 is 10.5 Å². The zero-order valence-electron chi connectivity index (χ0n) is 11.2. The van der Waals surface area contributed by atoms with Crippen molar-refractivity contribution in [1.29, 1.82) is 5.26 Å². The number of benzene rings is 1. The van der Waals surface area contributed by atoms with Crippen LogP contribution in [0.3, 0.4) is 0 Å². The molecule has 0 atom stereocenters. The average Bonchev–Trinajstić information content (AvgIpc) is 2.35. The number of hydrogen-bond donors (Lipinski definition) is 2. The van der Waals surface area contributed by atoms with Crippen molar-refractivity contribution < 1.29 is 13.2 Å². The summed E-state index contributed by atoms with van der Waals surface area (Å²) in [5, 5.41) is 8.74. The molecule has 0 heterocycles. The smallest absolute Gasteiger partial charge is 0.242 e. The third-order valence-electron chi connectivity index (χ3n) is 3.25. The summed E-state index contributed by atoms with van der Waals surface area (Å²) in [5.74, 6) is 0. The van der Waals surface area contributed by atoms with Gasteiger partial charge in [-0.25, -0.2) is 13.1 Å². The molecule has 3 N–H and O–H groups in total. The Labute approximate surface area is 118 Å². The standard InChI is InChI=1S/C13H17N3O3S/c1-2-19-11-6-10(7-11)16-20(17,18)13-4-3-9(8-14)5-12(13)15/h3-5,10-11,16H,2,6-7,15H2,1H3. The summed E-state index contributed by atoms with van der Waals surface area (Å²) in [7, 11) is -3.65. The van der Waals surface area contributed by atoms with Crippen LogP contribution in [-0.4, -0.2) is 27.2 Å². The monoisotopic (exact) mass is 295 g/mol. The maximum Gasteiger partial charge on any atom is 0.242 e. The fraction of sp³-hybridized carbons (Fsp3) is 0.462. The highest BCUT2D eigenvalue weighted by Crippen LogP contribution is 2.26. The van der Waals surface area contributed by atoms with Crippen LogP contribution in [0.2, 0.25) is 0 Å². The summed E-state index contributed by atoms with van der Waals surface area (Å²) in [5.41, 5.74) is 6.11. The predicted molar refractivity (Wildman–Crippen MR) is 74.3 cm³/mol. The quantitative estimate of drug-likeness (QED) is 0.788. The Kier molecular flexibility index (Phi) is 4.28. The van der Waals surface area contributed by atoms with Gasteiger partial charge >= 0.3 is 0 Å². The molecule has 20 heavy (non-hydrogen) atoms. The van der Waals surface area contributed by atoms with E-state index in [4.69, 9.17) is 15.7 Å². The lowest BCUT2D eigenvalue weighted by Gasteiger charge is -2.35. The number of nitrogens with one attached hydrogen (secondary N) is 1. The van der Waals surface area contributed by atoms with Gasteiger partial charge in [-0.1, -0.05) is 0 Å². The van der Waals surface area contributed by atoms with Crippen molar-refractivity contribution in [3.8, 4) is 6.07 Å². The normalized spacial score (nSPS) is 22.0. The molecule has 1 saturated carbocycles. The summed E-state index contributed by atoms with van der Waals surface area (Å²) in [6.07, 6.45) is 1.47. The van der Waals surface area contributed by atoms with Gasteiger partial charge in [-0.3, -0.25) is 0 Å². The number of nitrogens with zero attached hydrogens (tertiary/aromatic N) is 1. The van der Waals surface area contributed by atoms with E-state index in [0.29, 0.717) is 25.0 Å². The van der Waals surface area contributed by atoms with Crippen molar-refractivity contribution in [3.63, 3.8) is 0 Å². The van der Waals surface area contributed by atoms with E-state index in [-0.39, 0.29) is 22.7 Å². The molecule has 0 saturated heterocycles. The molecule has 1 aromatic rings. The van der Waals surface area contributed by atoms with Crippen molar-refractivity contribution in [1.82, 2.24) is 4.72 Å². The fourth-order valence-electron chi connectivity index (χ4n) is 2.18. The molecule has 0 spiro atoms. The van der Waals surface area contributed by atoms with Crippen LogP contribution in [0.25, 0.3) is 0 Å². The van der Waals surface area contributed by atoms with Crippen molar-refractivity contribution in [3.05, 3.63) is 23.8 Å². The maximum atomic E-state index is 12.2. The number of nitriles is 1. The van der Waals surface area contributed by atoms with Crippen molar-refractivity contribution in [2.75, 3.05) is 12.3 Å². The molecule has 6 nitrogen and oxygen atoms in total. The Hall–Kier alpha value is -1.62. The van der Waals surface area contributed by atoms with E-state index in [1.165, 1.54) is 18.2 Å². The molecule has 0 bridgehead atoms. The Morgan fingerprint density at radius 3 is 2.75 bits per heavy atom. The third kappa shape index (κ3) is 3.10. The van der Waals surface area contributed by atoms with E-state index in [9.17, 15) is 8.42 Å². The molecule has 0 amide bonds. The van der Waals surface area contributed by atoms with Gasteiger partial charge in [0.25, 0.3) is 0 Å². The van der Waals surface area contributed by atoms with Crippen molar-refractivity contribution in [2.24, 2.45) is 0 Å². The Morgan fingerprint density at radius 1 is 1.50 bits per heavy atom. The Balaban J connectivity index is 2.07. The first-order valence-corrected chi connectivity index (χ1v) is 7.88. The van der Waals surface area contributed by atoms with Crippen LogP contribution in [0.1, 0.15) is 25.3 Å². The second-order valence-electron chi connectivity index (χ2n) is 4.73. The number of nitrogen functional groups attached to an aromatic ring is 1. The Morgan fingerprint density at radius 2 is 2.20 bits per heavy atom. The topological polar surface area (TPSA) is 105 Å². The minimum absolute atomic E-state index is 0.0105. The van der Waals surface area contributed by atoms with E-state index in [1.54, 1.807) is 0 Å². The second-order valence-corrected chi connectivity index (χ2v) is 6.41. The second kappa shape index (κ2) is 5.79.